The lowest BCUT2D eigenvalue weighted by Gasteiger charge is -2.25. The summed E-state index contributed by atoms with van der Waals surface area (Å²) in [5.74, 6) is -2.99. The number of benzene rings is 2. The molecule has 2 aromatic carbocycles. The Morgan fingerprint density at radius 3 is 2.23 bits per heavy atom. The number of nitrogens with zero attached hydrogens (tertiary/aromatic N) is 3. The Labute approximate surface area is 356 Å². The summed E-state index contributed by atoms with van der Waals surface area (Å²) in [6, 6.07) is 9.36. The molecule has 4 rings (SSSR count). The van der Waals surface area contributed by atoms with Crippen LogP contribution in [0.3, 0.4) is 0 Å². The zero-order chi connectivity index (χ0) is 45.1. The third-order valence-corrected chi connectivity index (χ3v) is 9.43. The predicted octanol–water partition coefficient (Wildman–Crippen LogP) is 3.08. The van der Waals surface area contributed by atoms with Crippen molar-refractivity contribution >= 4 is 58.3 Å². The van der Waals surface area contributed by atoms with Gasteiger partial charge in [-0.25, -0.2) is 4.98 Å². The normalized spacial score (nSPS) is 15.1. The van der Waals surface area contributed by atoms with Crippen molar-refractivity contribution in [2.45, 2.75) is 122 Å². The third kappa shape index (κ3) is 14.9. The molecular formula is C43H60N8O10. The predicted molar refractivity (Wildman–Crippen MR) is 225 cm³/mol. The number of esters is 3. The van der Waals surface area contributed by atoms with Crippen LogP contribution in [0, 0.1) is 0 Å². The maximum atomic E-state index is 13.9. The van der Waals surface area contributed by atoms with Gasteiger partial charge in [0, 0.05) is 50.8 Å². The molecule has 2 heterocycles. The molecule has 0 spiro atoms. The molecule has 332 valence electrons. The van der Waals surface area contributed by atoms with E-state index in [0.29, 0.717) is 22.6 Å². The second kappa shape index (κ2) is 21.0. The van der Waals surface area contributed by atoms with Crippen molar-refractivity contribution in [3.05, 3.63) is 59.4 Å². The number of aromatic amines is 1. The van der Waals surface area contributed by atoms with E-state index in [-0.39, 0.29) is 76.5 Å². The Hall–Kier alpha value is -6.04. The fourth-order valence-electron chi connectivity index (χ4n) is 6.53. The first kappa shape index (κ1) is 47.6. The van der Waals surface area contributed by atoms with E-state index >= 15 is 0 Å². The quantitative estimate of drug-likeness (QED) is 0.0703. The van der Waals surface area contributed by atoms with E-state index in [1.165, 1.54) is 16.9 Å². The number of amides is 4. The van der Waals surface area contributed by atoms with Gasteiger partial charge in [0.2, 0.25) is 17.7 Å². The summed E-state index contributed by atoms with van der Waals surface area (Å²) in [6.45, 7) is 10.8. The Morgan fingerprint density at radius 2 is 1.59 bits per heavy atom. The molecule has 3 atom stereocenters. The lowest BCUT2D eigenvalue weighted by Crippen LogP contribution is -2.52. The number of carbonyl (C=O) groups excluding carboxylic acids is 7. The molecule has 4 amide bonds. The van der Waals surface area contributed by atoms with Crippen LogP contribution in [-0.2, 0) is 56.1 Å². The molecule has 1 aromatic heterocycles. The number of nitrogens with two attached hydrogens (primary N) is 1. The number of hydrogen-bond acceptors (Lipinski definition) is 13. The van der Waals surface area contributed by atoms with E-state index in [0.717, 1.165) is 11.0 Å². The zero-order valence-corrected chi connectivity index (χ0v) is 36.3. The minimum atomic E-state index is -1.17. The topological polar surface area (TPSA) is 244 Å². The summed E-state index contributed by atoms with van der Waals surface area (Å²) in [6.07, 6.45) is -0.411. The molecule has 18 nitrogen and oxygen atoms in total. The average Bonchev–Trinajstić information content (AvgIpc) is 3.54. The molecule has 0 bridgehead atoms. The van der Waals surface area contributed by atoms with E-state index in [9.17, 15) is 33.6 Å². The van der Waals surface area contributed by atoms with Gasteiger partial charge >= 0.3 is 17.9 Å². The van der Waals surface area contributed by atoms with Gasteiger partial charge in [-0.2, -0.15) is 0 Å². The van der Waals surface area contributed by atoms with Gasteiger partial charge in [-0.05, 0) is 96.7 Å². The first-order valence-electron chi connectivity index (χ1n) is 20.3. The minimum absolute atomic E-state index is 0.0329. The first-order chi connectivity index (χ1) is 28.6. The summed E-state index contributed by atoms with van der Waals surface area (Å²) >= 11 is 0. The summed E-state index contributed by atoms with van der Waals surface area (Å²) in [4.78, 5) is 102. The molecule has 0 radical (unpaired) electrons. The molecule has 1 aliphatic heterocycles. The summed E-state index contributed by atoms with van der Waals surface area (Å²) in [7, 11) is 2.91. The van der Waals surface area contributed by atoms with Crippen LogP contribution >= 0.6 is 0 Å². The number of H-pyrrole nitrogens is 1. The van der Waals surface area contributed by atoms with Gasteiger partial charge in [0.1, 0.15) is 29.1 Å². The SMILES string of the molecule is COC(=O)C[C@@H]1Nc2ccc(C(=O)N(C)Cc3nc4ccccc4[nH]3)cc2CN(CCCNC(=O)C(CCC(=O)OC(C)(C)C)NC(=O)[C@@H](N)CCC(=O)OC(C)(C)C)C1=O. The monoisotopic (exact) mass is 848 g/mol. The van der Waals surface area contributed by atoms with Crippen molar-refractivity contribution in [2.75, 3.05) is 32.6 Å². The number of anilines is 1. The first-order valence-corrected chi connectivity index (χ1v) is 20.3. The van der Waals surface area contributed by atoms with Crippen LogP contribution in [-0.4, -0.2) is 118 Å². The Balaban J connectivity index is 1.42. The second-order valence-electron chi connectivity index (χ2n) is 17.0. The number of para-hydroxylation sites is 2. The van der Waals surface area contributed by atoms with Crippen molar-refractivity contribution in [3.8, 4) is 0 Å². The van der Waals surface area contributed by atoms with Gasteiger partial charge in [0.05, 0.1) is 37.2 Å². The molecule has 0 saturated heterocycles. The average molecular weight is 849 g/mol. The molecule has 0 fully saturated rings. The number of imidazole rings is 1. The highest BCUT2D eigenvalue weighted by Gasteiger charge is 2.32. The van der Waals surface area contributed by atoms with Crippen LogP contribution in [0.1, 0.15) is 102 Å². The number of fused-ring (bicyclic) bond motifs is 2. The number of methoxy groups -OCH3 is 1. The molecular weight excluding hydrogens is 789 g/mol. The summed E-state index contributed by atoms with van der Waals surface area (Å²) in [5.41, 5.74) is 7.85. The largest absolute Gasteiger partial charge is 0.469 e. The molecule has 1 unspecified atom stereocenters. The molecule has 1 aliphatic rings. The van der Waals surface area contributed by atoms with E-state index < -0.39 is 59.0 Å². The van der Waals surface area contributed by atoms with E-state index in [4.69, 9.17) is 19.9 Å². The van der Waals surface area contributed by atoms with Gasteiger partial charge in [0.25, 0.3) is 5.91 Å². The molecule has 3 aromatic rings. The van der Waals surface area contributed by atoms with Crippen LogP contribution in [0.4, 0.5) is 5.69 Å². The third-order valence-electron chi connectivity index (χ3n) is 9.43. The number of carbonyl (C=O) groups is 7. The Kier molecular flexibility index (Phi) is 16.4. The summed E-state index contributed by atoms with van der Waals surface area (Å²) in [5, 5.41) is 8.53. The van der Waals surface area contributed by atoms with Crippen molar-refractivity contribution in [1.82, 2.24) is 30.4 Å². The van der Waals surface area contributed by atoms with Crippen molar-refractivity contribution in [1.29, 1.82) is 0 Å². The van der Waals surface area contributed by atoms with Gasteiger partial charge in [-0.3, -0.25) is 33.6 Å². The van der Waals surface area contributed by atoms with Gasteiger partial charge in [-0.1, -0.05) is 12.1 Å². The Morgan fingerprint density at radius 1 is 0.934 bits per heavy atom. The number of rotatable bonds is 18. The van der Waals surface area contributed by atoms with Gasteiger partial charge < -0.3 is 50.7 Å². The maximum Gasteiger partial charge on any atom is 0.308 e. The highest BCUT2D eigenvalue weighted by Crippen LogP contribution is 2.27. The van der Waals surface area contributed by atoms with Crippen molar-refractivity contribution in [3.63, 3.8) is 0 Å². The van der Waals surface area contributed by atoms with Crippen LogP contribution in [0.25, 0.3) is 11.0 Å². The standard InChI is InChI=1S/C43H60N8O10/c1-42(2,3)60-35(52)18-15-28(44)38(55)49-32(17-19-36(53)61-43(4,5)6)39(56)45-20-11-21-51-24-27-22-26(14-16-29(27)46-33(41(51)58)23-37(54)59-8)40(57)50(7)25-34-47-30-12-9-10-13-31(30)48-34/h9-10,12-14,16,22,28,32-33,46H,11,15,17-21,23-25,44H2,1-8H3,(H,45,56)(H,47,48)(H,49,55)/t28-,32?,33-/m0/s1. The van der Waals surface area contributed by atoms with Crippen LogP contribution in [0.15, 0.2) is 42.5 Å². The van der Waals surface area contributed by atoms with Crippen LogP contribution in [0.5, 0.6) is 0 Å². The lowest BCUT2D eigenvalue weighted by atomic mass is 10.1. The highest BCUT2D eigenvalue weighted by molar-refractivity contribution is 5.96. The lowest BCUT2D eigenvalue weighted by molar-refractivity contribution is -0.156. The van der Waals surface area contributed by atoms with Crippen molar-refractivity contribution < 1.29 is 47.8 Å². The van der Waals surface area contributed by atoms with E-state index in [1.54, 1.807) is 66.8 Å². The van der Waals surface area contributed by atoms with E-state index in [1.807, 2.05) is 24.3 Å². The van der Waals surface area contributed by atoms with Crippen LogP contribution in [0.2, 0.25) is 0 Å². The number of hydrogen-bond donors (Lipinski definition) is 5. The fraction of sp³-hybridized carbons (Fsp3) is 0.535. The number of nitrogens with one attached hydrogen (secondary N) is 4. The molecule has 0 saturated carbocycles. The maximum absolute atomic E-state index is 13.9. The zero-order valence-electron chi connectivity index (χ0n) is 36.3. The summed E-state index contributed by atoms with van der Waals surface area (Å²) < 4.78 is 15.5. The molecule has 61 heavy (non-hydrogen) atoms. The van der Waals surface area contributed by atoms with Gasteiger partial charge in [0.15, 0.2) is 0 Å². The van der Waals surface area contributed by atoms with Gasteiger partial charge in [-0.15, -0.1) is 0 Å². The molecule has 18 heteroatoms. The second-order valence-corrected chi connectivity index (χ2v) is 17.0. The highest BCUT2D eigenvalue weighted by atomic mass is 16.6. The van der Waals surface area contributed by atoms with Crippen LogP contribution < -0.4 is 21.7 Å². The molecule has 0 aliphatic carbocycles. The van der Waals surface area contributed by atoms with E-state index in [2.05, 4.69) is 25.9 Å². The Bertz CT molecular complexity index is 2040. The molecule has 6 N–H and O–H groups in total. The fourth-order valence-corrected chi connectivity index (χ4v) is 6.53. The minimum Gasteiger partial charge on any atom is -0.469 e. The smallest absolute Gasteiger partial charge is 0.308 e. The number of ether oxygens (including phenoxy) is 3. The van der Waals surface area contributed by atoms with Crippen molar-refractivity contribution in [2.24, 2.45) is 5.73 Å². The number of aromatic nitrogens is 2.